The molecule has 22 heavy (non-hydrogen) atoms. The van der Waals surface area contributed by atoms with Crippen LogP contribution in [0.25, 0.3) is 0 Å². The molecule has 2 atom stereocenters. The highest BCUT2D eigenvalue weighted by Gasteiger charge is 2.29. The van der Waals surface area contributed by atoms with Gasteiger partial charge in [-0.15, -0.1) is 0 Å². The maximum absolute atomic E-state index is 10.3. The molecule has 0 aliphatic rings. The molecule has 120 valence electrons. The molecule has 0 amide bonds. The van der Waals surface area contributed by atoms with E-state index in [0.717, 1.165) is 0 Å². The fourth-order valence-corrected chi connectivity index (χ4v) is 1.03. The fourth-order valence-electron chi connectivity index (χ4n) is 1.03. The second-order valence-electron chi connectivity index (χ2n) is 3.75. The van der Waals surface area contributed by atoms with Gasteiger partial charge in [0.15, 0.2) is 12.2 Å². The predicted octanol–water partition coefficient (Wildman–Crippen LogP) is -1.04. The summed E-state index contributed by atoms with van der Waals surface area (Å²) in [4.78, 5) is 40.2. The van der Waals surface area contributed by atoms with Crippen LogP contribution in [0.15, 0.2) is 24.3 Å². The number of hydrogen-bond donors (Lipinski definition) is 6. The molecule has 1 aromatic rings. The number of rotatable bonds is 5. The van der Waals surface area contributed by atoms with Gasteiger partial charge in [-0.05, 0) is 24.3 Å². The Bertz CT molecular complexity index is 511. The Hall–Kier alpha value is -2.98. The highest BCUT2D eigenvalue weighted by Crippen LogP contribution is 2.03. The molecule has 1 rings (SSSR count). The predicted molar refractivity (Wildman–Crippen MR) is 67.6 cm³/mol. The van der Waals surface area contributed by atoms with Gasteiger partial charge in [0.05, 0.1) is 11.1 Å². The molecule has 0 radical (unpaired) electrons. The van der Waals surface area contributed by atoms with Crippen LogP contribution in [0.5, 0.6) is 0 Å². The highest BCUT2D eigenvalue weighted by molar-refractivity contribution is 5.91. The molecule has 0 saturated heterocycles. The molecule has 0 aliphatic carbocycles. The molecule has 0 aliphatic heterocycles. The average molecular weight is 316 g/mol. The number of carbonyl (C=O) groups is 4. The first-order valence-corrected chi connectivity index (χ1v) is 5.46. The number of benzene rings is 1. The van der Waals surface area contributed by atoms with E-state index >= 15 is 0 Å². The van der Waals surface area contributed by atoms with Crippen LogP contribution in [-0.4, -0.2) is 66.7 Å². The zero-order valence-corrected chi connectivity index (χ0v) is 10.8. The van der Waals surface area contributed by atoms with Crippen molar-refractivity contribution in [1.29, 1.82) is 0 Å². The minimum absolute atomic E-state index is 0.0833. The van der Waals surface area contributed by atoms with Crippen LogP contribution in [-0.2, 0) is 9.59 Å². The van der Waals surface area contributed by atoms with Gasteiger partial charge in [-0.2, -0.15) is 0 Å². The molecule has 0 bridgehead atoms. The number of carboxylic acid groups (broad SMARTS) is 4. The largest absolute Gasteiger partial charge is 0.479 e. The van der Waals surface area contributed by atoms with Gasteiger partial charge in [0.1, 0.15) is 0 Å². The van der Waals surface area contributed by atoms with E-state index in [-0.39, 0.29) is 11.1 Å². The first-order chi connectivity index (χ1) is 10.1. The van der Waals surface area contributed by atoms with Crippen molar-refractivity contribution in [1.82, 2.24) is 0 Å². The average Bonchev–Trinajstić information content (AvgIpc) is 2.46. The molecule has 1 aromatic carbocycles. The van der Waals surface area contributed by atoms with Crippen LogP contribution in [0.2, 0.25) is 0 Å². The van der Waals surface area contributed by atoms with Crippen molar-refractivity contribution < 1.29 is 49.8 Å². The molecular formula is C12H12O10. The molecule has 10 nitrogen and oxygen atoms in total. The standard InChI is InChI=1S/C8H6O4.C4H6O6/c9-7(10)5-1-2-6(4-3-5)8(11)12;5-1(3(7)8)2(6)4(9)10/h1-4H,(H,9,10)(H,11,12);1-2,5-6H,(H,7,8)(H,9,10). The van der Waals surface area contributed by atoms with E-state index in [1.54, 1.807) is 0 Å². The van der Waals surface area contributed by atoms with Crippen LogP contribution in [0.4, 0.5) is 0 Å². The number of aliphatic hydroxyl groups excluding tert-OH is 2. The first kappa shape index (κ1) is 19.0. The van der Waals surface area contributed by atoms with Gasteiger partial charge in [-0.1, -0.05) is 0 Å². The van der Waals surface area contributed by atoms with Gasteiger partial charge >= 0.3 is 23.9 Å². The minimum Gasteiger partial charge on any atom is -0.479 e. The van der Waals surface area contributed by atoms with E-state index < -0.39 is 36.1 Å². The normalized spacial score (nSPS) is 12.3. The summed E-state index contributed by atoms with van der Waals surface area (Å²) in [6, 6.07) is 5.02. The van der Waals surface area contributed by atoms with Gasteiger partial charge in [0.25, 0.3) is 0 Å². The molecule has 0 heterocycles. The van der Waals surface area contributed by atoms with Crippen molar-refractivity contribution in [3.05, 3.63) is 35.4 Å². The lowest BCUT2D eigenvalue weighted by Gasteiger charge is -2.07. The minimum atomic E-state index is -2.27. The maximum atomic E-state index is 10.3. The summed E-state index contributed by atoms with van der Waals surface area (Å²) in [6.07, 6.45) is -4.53. The number of carboxylic acids is 4. The van der Waals surface area contributed by atoms with Gasteiger partial charge in [0, 0.05) is 0 Å². The maximum Gasteiger partial charge on any atom is 0.335 e. The van der Waals surface area contributed by atoms with E-state index in [4.69, 9.17) is 30.6 Å². The number of hydrogen-bond acceptors (Lipinski definition) is 6. The van der Waals surface area contributed by atoms with E-state index in [1.165, 1.54) is 24.3 Å². The van der Waals surface area contributed by atoms with Crippen molar-refractivity contribution in [3.63, 3.8) is 0 Å². The first-order valence-electron chi connectivity index (χ1n) is 5.46. The molecule has 0 spiro atoms. The Balaban J connectivity index is 0.000000409. The summed E-state index contributed by atoms with van der Waals surface area (Å²) < 4.78 is 0. The SMILES string of the molecule is O=C(O)C(O)C(O)C(=O)O.O=C(O)c1ccc(C(=O)O)cc1. The third-order valence-corrected chi connectivity index (χ3v) is 2.18. The number of aliphatic hydroxyl groups is 2. The summed E-state index contributed by atoms with van der Waals surface area (Å²) in [5.74, 6) is -5.66. The lowest BCUT2D eigenvalue weighted by Crippen LogP contribution is -2.39. The van der Waals surface area contributed by atoms with E-state index in [1.807, 2.05) is 0 Å². The van der Waals surface area contributed by atoms with Crippen LogP contribution < -0.4 is 0 Å². The van der Waals surface area contributed by atoms with Crippen LogP contribution in [0.3, 0.4) is 0 Å². The Labute approximate surface area is 122 Å². The number of aromatic carboxylic acids is 2. The van der Waals surface area contributed by atoms with Gasteiger partial charge in [-0.3, -0.25) is 0 Å². The van der Waals surface area contributed by atoms with Gasteiger partial charge in [0.2, 0.25) is 0 Å². The molecular weight excluding hydrogens is 304 g/mol. The monoisotopic (exact) mass is 316 g/mol. The quantitative estimate of drug-likeness (QED) is 0.391. The molecule has 2 unspecified atom stereocenters. The molecule has 10 heteroatoms. The van der Waals surface area contributed by atoms with E-state index in [0.29, 0.717) is 0 Å². The van der Waals surface area contributed by atoms with E-state index in [9.17, 15) is 19.2 Å². The Morgan fingerprint density at radius 1 is 0.636 bits per heavy atom. The van der Waals surface area contributed by atoms with Crippen LogP contribution in [0.1, 0.15) is 20.7 Å². The zero-order chi connectivity index (χ0) is 17.4. The highest BCUT2D eigenvalue weighted by atomic mass is 16.4. The molecule has 0 saturated carbocycles. The third kappa shape index (κ3) is 5.98. The second-order valence-corrected chi connectivity index (χ2v) is 3.75. The lowest BCUT2D eigenvalue weighted by atomic mass is 10.1. The molecule has 0 fully saturated rings. The van der Waals surface area contributed by atoms with Crippen LogP contribution >= 0.6 is 0 Å². The van der Waals surface area contributed by atoms with Crippen molar-refractivity contribution >= 4 is 23.9 Å². The van der Waals surface area contributed by atoms with Crippen molar-refractivity contribution in [2.75, 3.05) is 0 Å². The summed E-state index contributed by atoms with van der Waals surface area (Å²) in [7, 11) is 0. The van der Waals surface area contributed by atoms with Crippen molar-refractivity contribution in [2.45, 2.75) is 12.2 Å². The zero-order valence-electron chi connectivity index (χ0n) is 10.8. The molecule has 6 N–H and O–H groups in total. The second kappa shape index (κ2) is 8.34. The summed E-state index contributed by atoms with van der Waals surface area (Å²) in [6.45, 7) is 0. The lowest BCUT2D eigenvalue weighted by molar-refractivity contribution is -0.165. The van der Waals surface area contributed by atoms with Gasteiger partial charge in [-0.25, -0.2) is 19.2 Å². The Kier molecular flexibility index (Phi) is 7.21. The smallest absolute Gasteiger partial charge is 0.335 e. The summed E-state index contributed by atoms with van der Waals surface area (Å²) >= 11 is 0. The van der Waals surface area contributed by atoms with Crippen molar-refractivity contribution in [2.24, 2.45) is 0 Å². The Morgan fingerprint density at radius 2 is 0.864 bits per heavy atom. The van der Waals surface area contributed by atoms with Crippen LogP contribution in [0, 0.1) is 0 Å². The molecule has 0 aromatic heterocycles. The third-order valence-electron chi connectivity index (χ3n) is 2.18. The fraction of sp³-hybridized carbons (Fsp3) is 0.167. The van der Waals surface area contributed by atoms with Crippen molar-refractivity contribution in [3.8, 4) is 0 Å². The summed E-state index contributed by atoms with van der Waals surface area (Å²) in [5.41, 5.74) is 0.167. The number of aliphatic carboxylic acids is 2. The Morgan fingerprint density at radius 3 is 1.00 bits per heavy atom. The topological polar surface area (TPSA) is 190 Å². The van der Waals surface area contributed by atoms with E-state index in [2.05, 4.69) is 0 Å². The summed E-state index contributed by atoms with van der Waals surface area (Å²) in [5, 5.41) is 49.5. The van der Waals surface area contributed by atoms with Gasteiger partial charge < -0.3 is 30.6 Å².